The van der Waals surface area contributed by atoms with Crippen LogP contribution in [0.15, 0.2) is 47.6 Å². The first-order valence-electron chi connectivity index (χ1n) is 7.97. The first-order valence-corrected chi connectivity index (χ1v) is 8.35. The van der Waals surface area contributed by atoms with E-state index in [0.29, 0.717) is 12.4 Å². The summed E-state index contributed by atoms with van der Waals surface area (Å²) in [5.41, 5.74) is 2.15. The van der Waals surface area contributed by atoms with Gasteiger partial charge in [-0.25, -0.2) is 9.98 Å². The van der Waals surface area contributed by atoms with E-state index < -0.39 is 0 Å². The van der Waals surface area contributed by atoms with Crippen molar-refractivity contribution in [3.63, 3.8) is 0 Å². The third-order valence-corrected chi connectivity index (χ3v) is 3.63. The Kier molecular flexibility index (Phi) is 7.36. The summed E-state index contributed by atoms with van der Waals surface area (Å²) in [6.45, 7) is 4.12. The number of methoxy groups -OCH3 is 1. The Balaban J connectivity index is 1.93. The zero-order valence-corrected chi connectivity index (χ0v) is 14.8. The number of nitrogens with zero attached hydrogens (tertiary/aromatic N) is 2. The highest BCUT2D eigenvalue weighted by Crippen LogP contribution is 2.14. The summed E-state index contributed by atoms with van der Waals surface area (Å²) in [5, 5.41) is 7.33. The lowest BCUT2D eigenvalue weighted by Gasteiger charge is -2.12. The number of hydrogen-bond acceptors (Lipinski definition) is 3. The quantitative estimate of drug-likeness (QED) is 0.597. The number of guanidine groups is 1. The summed E-state index contributed by atoms with van der Waals surface area (Å²) >= 11 is 6.01. The first kappa shape index (κ1) is 18.1. The van der Waals surface area contributed by atoms with Crippen molar-refractivity contribution in [1.82, 2.24) is 15.6 Å². The van der Waals surface area contributed by atoms with E-state index in [-0.39, 0.29) is 0 Å². The van der Waals surface area contributed by atoms with Gasteiger partial charge in [-0.1, -0.05) is 29.8 Å². The van der Waals surface area contributed by atoms with Crippen molar-refractivity contribution < 1.29 is 4.74 Å². The molecule has 0 saturated carbocycles. The molecule has 1 heterocycles. The molecular weight excluding hydrogens is 324 g/mol. The van der Waals surface area contributed by atoms with E-state index in [1.807, 2.05) is 37.3 Å². The second-order valence-corrected chi connectivity index (χ2v) is 5.61. The maximum absolute atomic E-state index is 6.01. The van der Waals surface area contributed by atoms with Gasteiger partial charge in [0.2, 0.25) is 5.88 Å². The van der Waals surface area contributed by atoms with Crippen LogP contribution in [0.4, 0.5) is 0 Å². The summed E-state index contributed by atoms with van der Waals surface area (Å²) in [7, 11) is 1.62. The van der Waals surface area contributed by atoms with Gasteiger partial charge in [0.1, 0.15) is 0 Å². The Morgan fingerprint density at radius 1 is 1.25 bits per heavy atom. The van der Waals surface area contributed by atoms with Crippen molar-refractivity contribution in [1.29, 1.82) is 0 Å². The Morgan fingerprint density at radius 3 is 2.88 bits per heavy atom. The fraction of sp³-hybridized carbons (Fsp3) is 0.333. The molecule has 0 aliphatic carbocycles. The van der Waals surface area contributed by atoms with Crippen molar-refractivity contribution in [2.45, 2.75) is 19.9 Å². The van der Waals surface area contributed by atoms with Crippen LogP contribution in [0.3, 0.4) is 0 Å². The summed E-state index contributed by atoms with van der Waals surface area (Å²) in [5.74, 6) is 1.38. The average molecular weight is 347 g/mol. The summed E-state index contributed by atoms with van der Waals surface area (Å²) < 4.78 is 5.25. The fourth-order valence-corrected chi connectivity index (χ4v) is 2.46. The Morgan fingerprint density at radius 2 is 2.12 bits per heavy atom. The third kappa shape index (κ3) is 5.74. The molecule has 6 heteroatoms. The molecule has 0 saturated heterocycles. The van der Waals surface area contributed by atoms with Crippen LogP contribution in [0, 0.1) is 0 Å². The molecule has 0 fully saturated rings. The van der Waals surface area contributed by atoms with E-state index >= 15 is 0 Å². The monoisotopic (exact) mass is 346 g/mol. The summed E-state index contributed by atoms with van der Waals surface area (Å²) in [6, 6.07) is 11.7. The zero-order valence-electron chi connectivity index (χ0n) is 14.1. The van der Waals surface area contributed by atoms with Crippen LogP contribution >= 0.6 is 11.6 Å². The predicted octanol–water partition coefficient (Wildman–Crippen LogP) is 3.04. The average Bonchev–Trinajstić information content (AvgIpc) is 2.60. The molecule has 24 heavy (non-hydrogen) atoms. The Hall–Kier alpha value is -2.27. The van der Waals surface area contributed by atoms with Gasteiger partial charge < -0.3 is 15.4 Å². The number of aliphatic imine (C=N–C) groups is 1. The van der Waals surface area contributed by atoms with Crippen molar-refractivity contribution in [2.75, 3.05) is 20.2 Å². The molecule has 2 N–H and O–H groups in total. The zero-order chi connectivity index (χ0) is 17.2. The van der Waals surface area contributed by atoms with E-state index in [1.165, 1.54) is 5.56 Å². The molecule has 128 valence electrons. The summed E-state index contributed by atoms with van der Waals surface area (Å²) in [6.07, 6.45) is 2.59. The number of halogens is 1. The molecule has 2 aromatic rings. The number of ether oxygens (including phenoxy) is 1. The van der Waals surface area contributed by atoms with E-state index in [4.69, 9.17) is 16.3 Å². The minimum Gasteiger partial charge on any atom is -0.481 e. The van der Waals surface area contributed by atoms with E-state index in [9.17, 15) is 0 Å². The number of benzene rings is 1. The molecular formula is C18H23ClN4O. The van der Waals surface area contributed by atoms with Crippen LogP contribution in [0.1, 0.15) is 18.1 Å². The smallest absolute Gasteiger partial charge is 0.218 e. The maximum Gasteiger partial charge on any atom is 0.218 e. The molecule has 0 aliphatic heterocycles. The third-order valence-electron chi connectivity index (χ3n) is 3.39. The standard InChI is InChI=1S/C18H23ClN4O/c1-3-20-18(22-11-9-14-6-4-8-16(19)12-14)23-13-15-7-5-10-21-17(15)24-2/h4-8,10,12H,3,9,11,13H2,1-2H3,(H2,20,22,23). The fourth-order valence-electron chi connectivity index (χ4n) is 2.25. The number of nitrogens with one attached hydrogen (secondary N) is 2. The van der Waals surface area contributed by atoms with Crippen LogP contribution in [-0.4, -0.2) is 31.1 Å². The minimum absolute atomic E-state index is 0.503. The predicted molar refractivity (Wildman–Crippen MR) is 98.8 cm³/mol. The number of rotatable bonds is 7. The molecule has 1 aromatic carbocycles. The number of hydrogen-bond donors (Lipinski definition) is 2. The lowest BCUT2D eigenvalue weighted by Crippen LogP contribution is -2.38. The van der Waals surface area contributed by atoms with Crippen LogP contribution in [0.25, 0.3) is 0 Å². The molecule has 0 aliphatic rings. The van der Waals surface area contributed by atoms with Gasteiger partial charge in [-0.3, -0.25) is 0 Å². The molecule has 1 aromatic heterocycles. The normalized spacial score (nSPS) is 11.2. The van der Waals surface area contributed by atoms with Gasteiger partial charge in [0, 0.05) is 29.9 Å². The van der Waals surface area contributed by atoms with Gasteiger partial charge in [0.25, 0.3) is 0 Å². The molecule has 0 spiro atoms. The highest BCUT2D eigenvalue weighted by atomic mass is 35.5. The Labute approximate surface area is 148 Å². The molecule has 0 unspecified atom stereocenters. The van der Waals surface area contributed by atoms with E-state index in [0.717, 1.165) is 36.1 Å². The highest BCUT2D eigenvalue weighted by Gasteiger charge is 2.03. The summed E-state index contributed by atoms with van der Waals surface area (Å²) in [4.78, 5) is 8.78. The van der Waals surface area contributed by atoms with Crippen molar-refractivity contribution in [2.24, 2.45) is 4.99 Å². The molecule has 0 amide bonds. The first-order chi connectivity index (χ1) is 11.7. The van der Waals surface area contributed by atoms with Gasteiger partial charge in [0.15, 0.2) is 5.96 Å². The molecule has 5 nitrogen and oxygen atoms in total. The van der Waals surface area contributed by atoms with Crippen molar-refractivity contribution in [3.8, 4) is 5.88 Å². The van der Waals surface area contributed by atoms with Gasteiger partial charge in [0.05, 0.1) is 13.7 Å². The molecule has 0 atom stereocenters. The highest BCUT2D eigenvalue weighted by molar-refractivity contribution is 6.30. The van der Waals surface area contributed by atoms with E-state index in [2.05, 4.69) is 26.7 Å². The number of pyridine rings is 1. The minimum atomic E-state index is 0.503. The molecule has 0 radical (unpaired) electrons. The SMILES string of the molecule is CCNC(=NCc1cccnc1OC)NCCc1cccc(Cl)c1. The topological polar surface area (TPSA) is 58.5 Å². The Bertz CT molecular complexity index is 676. The maximum atomic E-state index is 6.01. The van der Waals surface area contributed by atoms with Crippen molar-refractivity contribution in [3.05, 3.63) is 58.7 Å². The second-order valence-electron chi connectivity index (χ2n) is 5.17. The van der Waals surface area contributed by atoms with Crippen LogP contribution < -0.4 is 15.4 Å². The van der Waals surface area contributed by atoms with E-state index in [1.54, 1.807) is 13.3 Å². The van der Waals surface area contributed by atoms with Gasteiger partial charge in [-0.05, 0) is 37.1 Å². The van der Waals surface area contributed by atoms with Crippen LogP contribution in [0.5, 0.6) is 5.88 Å². The second kappa shape index (κ2) is 9.78. The van der Waals surface area contributed by atoms with Gasteiger partial charge >= 0.3 is 0 Å². The lowest BCUT2D eigenvalue weighted by molar-refractivity contribution is 0.392. The molecule has 0 bridgehead atoms. The van der Waals surface area contributed by atoms with Crippen molar-refractivity contribution >= 4 is 17.6 Å². The lowest BCUT2D eigenvalue weighted by atomic mass is 10.1. The largest absolute Gasteiger partial charge is 0.481 e. The van der Waals surface area contributed by atoms with Gasteiger partial charge in [-0.2, -0.15) is 0 Å². The van der Waals surface area contributed by atoms with Gasteiger partial charge in [-0.15, -0.1) is 0 Å². The molecule has 2 rings (SSSR count). The van der Waals surface area contributed by atoms with Crippen LogP contribution in [-0.2, 0) is 13.0 Å². The number of aromatic nitrogens is 1. The van der Waals surface area contributed by atoms with Crippen LogP contribution in [0.2, 0.25) is 5.02 Å².